The van der Waals surface area contributed by atoms with E-state index in [2.05, 4.69) is 9.97 Å². The number of nitrogens with zero attached hydrogens (tertiary/aromatic N) is 4. The van der Waals surface area contributed by atoms with Crippen molar-refractivity contribution in [2.24, 2.45) is 0 Å². The van der Waals surface area contributed by atoms with Crippen molar-refractivity contribution in [1.82, 2.24) is 9.97 Å². The molecule has 1 aromatic carbocycles. The lowest BCUT2D eigenvalue weighted by Gasteiger charge is -2.29. The predicted molar refractivity (Wildman–Crippen MR) is 113 cm³/mol. The quantitative estimate of drug-likeness (QED) is 0.345. The van der Waals surface area contributed by atoms with Crippen molar-refractivity contribution in [1.29, 1.82) is 0 Å². The van der Waals surface area contributed by atoms with Gasteiger partial charge in [0.2, 0.25) is 5.91 Å². The van der Waals surface area contributed by atoms with Gasteiger partial charge in [0, 0.05) is 34.8 Å². The van der Waals surface area contributed by atoms with Crippen molar-refractivity contribution in [2.45, 2.75) is 25.6 Å². The number of halogens is 7. The van der Waals surface area contributed by atoms with Crippen molar-refractivity contribution in [3.63, 3.8) is 0 Å². The number of hydrogen-bond donors (Lipinski definition) is 0. The van der Waals surface area contributed by atoms with Gasteiger partial charge in [-0.3, -0.25) is 9.69 Å². The summed E-state index contributed by atoms with van der Waals surface area (Å²) in [5, 5.41) is -0.677. The molecule has 1 aliphatic heterocycles. The molecule has 34 heavy (non-hydrogen) atoms. The van der Waals surface area contributed by atoms with Crippen molar-refractivity contribution < 1.29 is 35.2 Å². The van der Waals surface area contributed by atoms with Crippen LogP contribution >= 0.6 is 11.6 Å². The van der Waals surface area contributed by atoms with Gasteiger partial charge >= 0.3 is 6.18 Å². The Morgan fingerprint density at radius 3 is 2.59 bits per heavy atom. The summed E-state index contributed by atoms with van der Waals surface area (Å²) in [6, 6.07) is 1.64. The number of amides is 1. The molecule has 0 fully saturated rings. The molecule has 0 saturated carbocycles. The molecular formula is C22H15ClF6N4O. The molecule has 1 aliphatic rings. The first-order valence-electron chi connectivity index (χ1n) is 11.1. The molecule has 0 spiro atoms. The van der Waals surface area contributed by atoms with Gasteiger partial charge in [0.15, 0.2) is 0 Å². The zero-order valence-electron chi connectivity index (χ0n) is 20.1. The number of carbonyl (C=O) groups is 1. The maximum atomic E-state index is 14.7. The van der Waals surface area contributed by atoms with E-state index in [-0.39, 0.29) is 22.0 Å². The zero-order valence-corrected chi connectivity index (χ0v) is 17.8. The lowest BCUT2D eigenvalue weighted by atomic mass is 10.1. The summed E-state index contributed by atoms with van der Waals surface area (Å²) in [6.07, 6.45) is -4.43. The maximum absolute atomic E-state index is 14.7. The van der Waals surface area contributed by atoms with Gasteiger partial charge in [-0.1, -0.05) is 11.6 Å². The Balaban J connectivity index is 1.90. The van der Waals surface area contributed by atoms with Crippen LogP contribution in [0.4, 0.5) is 43.7 Å². The normalized spacial score (nSPS) is 17.1. The number of carbonyl (C=O) groups excluding carboxylic acids is 1. The molecule has 0 aliphatic carbocycles. The second-order valence-corrected chi connectivity index (χ2v) is 7.88. The maximum Gasteiger partial charge on any atom is 0.416 e. The van der Waals surface area contributed by atoms with E-state index in [0.29, 0.717) is 18.2 Å². The fourth-order valence-electron chi connectivity index (χ4n) is 3.64. The molecule has 178 valence electrons. The largest absolute Gasteiger partial charge is 0.416 e. The minimum absolute atomic E-state index is 0.0496. The molecule has 0 N–H and O–H groups in total. The number of pyridine rings is 2. The van der Waals surface area contributed by atoms with Crippen LogP contribution in [-0.4, -0.2) is 28.9 Å². The first kappa shape index (κ1) is 20.1. The third-order valence-electron chi connectivity index (χ3n) is 5.11. The molecule has 0 bridgehead atoms. The number of alkyl halides is 3. The van der Waals surface area contributed by atoms with Crippen LogP contribution in [0.25, 0.3) is 0 Å². The first-order chi connectivity index (χ1) is 17.1. The van der Waals surface area contributed by atoms with Gasteiger partial charge in [-0.2, -0.15) is 13.2 Å². The highest BCUT2D eigenvalue weighted by molar-refractivity contribution is 6.31. The van der Waals surface area contributed by atoms with Crippen LogP contribution in [-0.2, 0) is 17.4 Å². The summed E-state index contributed by atoms with van der Waals surface area (Å²) in [6.45, 7) is -2.06. The van der Waals surface area contributed by atoms with E-state index in [1.807, 2.05) is 0 Å². The number of likely N-dealkylation sites (N-methyl/N-ethyl adjacent to an activating group) is 1. The molecule has 1 amide bonds. The Kier molecular flexibility index (Phi) is 4.99. The highest BCUT2D eigenvalue weighted by Crippen LogP contribution is 2.40. The molecule has 0 saturated heterocycles. The summed E-state index contributed by atoms with van der Waals surface area (Å²) in [5.74, 6) is -5.34. The number of aryl methyl sites for hydroxylation is 1. The number of fused-ring (bicyclic) bond motifs is 1. The van der Waals surface area contributed by atoms with Crippen LogP contribution in [0.15, 0.2) is 36.5 Å². The van der Waals surface area contributed by atoms with Gasteiger partial charge in [0.1, 0.15) is 35.1 Å². The summed E-state index contributed by atoms with van der Waals surface area (Å²) in [7, 11) is 0. The van der Waals surface area contributed by atoms with Crippen molar-refractivity contribution in [2.75, 3.05) is 16.8 Å². The zero-order chi connectivity index (χ0) is 27.4. The third kappa shape index (κ3) is 4.27. The van der Waals surface area contributed by atoms with Crippen molar-refractivity contribution >= 4 is 34.8 Å². The monoisotopic (exact) mass is 503 g/mol. The number of aromatic nitrogens is 2. The van der Waals surface area contributed by atoms with Gasteiger partial charge in [-0.25, -0.2) is 23.1 Å². The van der Waals surface area contributed by atoms with Crippen LogP contribution in [0.3, 0.4) is 0 Å². The van der Waals surface area contributed by atoms with E-state index >= 15 is 0 Å². The smallest absolute Gasteiger partial charge is 0.311 e. The molecule has 12 heteroatoms. The summed E-state index contributed by atoms with van der Waals surface area (Å²) in [5.41, 5.74) is -2.02. The standard InChI is InChI=1S/C22H15ClF6N4O/c1-10-3-12(22(27,28)29)6-19(31-10)33-18(5-11-4-13(24)9-30-20(11)33)21(34)32(2)17-7-14(23)15(25)8-16(17)26/h3-4,6-9,18H,5H2,1-2H3/i2D3. The van der Waals surface area contributed by atoms with Crippen molar-refractivity contribution in [3.05, 3.63) is 75.8 Å². The highest BCUT2D eigenvalue weighted by Gasteiger charge is 2.41. The molecule has 4 rings (SSSR count). The van der Waals surface area contributed by atoms with E-state index < -0.39 is 71.1 Å². The Morgan fingerprint density at radius 2 is 1.91 bits per heavy atom. The van der Waals surface area contributed by atoms with Crippen LogP contribution < -0.4 is 9.80 Å². The number of benzene rings is 1. The van der Waals surface area contributed by atoms with E-state index in [1.165, 1.54) is 6.92 Å². The molecule has 3 heterocycles. The first-order valence-corrected chi connectivity index (χ1v) is 9.94. The molecule has 3 aromatic rings. The Morgan fingerprint density at radius 1 is 1.18 bits per heavy atom. The predicted octanol–water partition coefficient (Wildman–Crippen LogP) is 5.60. The molecule has 0 radical (unpaired) electrons. The van der Waals surface area contributed by atoms with E-state index in [0.717, 1.165) is 23.2 Å². The van der Waals surface area contributed by atoms with Gasteiger partial charge < -0.3 is 4.90 Å². The highest BCUT2D eigenvalue weighted by atomic mass is 35.5. The number of rotatable bonds is 3. The fraction of sp³-hybridized carbons (Fsp3) is 0.227. The topological polar surface area (TPSA) is 49.3 Å². The average Bonchev–Trinajstić information content (AvgIpc) is 3.14. The van der Waals surface area contributed by atoms with Crippen LogP contribution in [0, 0.1) is 24.4 Å². The average molecular weight is 504 g/mol. The Bertz CT molecular complexity index is 1400. The number of anilines is 3. The van der Waals surface area contributed by atoms with Gasteiger partial charge in [0.25, 0.3) is 0 Å². The Hall–Kier alpha value is -3.34. The second-order valence-electron chi connectivity index (χ2n) is 7.47. The van der Waals surface area contributed by atoms with Crippen LogP contribution in [0.5, 0.6) is 0 Å². The lowest BCUT2D eigenvalue weighted by molar-refractivity contribution is -0.137. The number of hydrogen-bond acceptors (Lipinski definition) is 4. The Labute approximate surface area is 198 Å². The molecule has 1 unspecified atom stereocenters. The third-order valence-corrected chi connectivity index (χ3v) is 5.40. The molecule has 1 atom stereocenters. The molecule has 5 nitrogen and oxygen atoms in total. The fourth-order valence-corrected chi connectivity index (χ4v) is 3.80. The molecular weight excluding hydrogens is 486 g/mol. The summed E-state index contributed by atoms with van der Waals surface area (Å²) in [4.78, 5) is 22.6. The summed E-state index contributed by atoms with van der Waals surface area (Å²) >= 11 is 5.69. The van der Waals surface area contributed by atoms with Crippen LogP contribution in [0.2, 0.25) is 5.02 Å². The van der Waals surface area contributed by atoms with E-state index in [9.17, 15) is 31.1 Å². The minimum Gasteiger partial charge on any atom is -0.311 e. The second kappa shape index (κ2) is 8.46. The van der Waals surface area contributed by atoms with Crippen molar-refractivity contribution in [3.8, 4) is 0 Å². The summed E-state index contributed by atoms with van der Waals surface area (Å²) < 4.78 is 106. The van der Waals surface area contributed by atoms with Gasteiger partial charge in [-0.05, 0) is 31.2 Å². The van der Waals surface area contributed by atoms with Gasteiger partial charge in [0.05, 0.1) is 22.5 Å². The van der Waals surface area contributed by atoms with Gasteiger partial charge in [-0.15, -0.1) is 0 Å². The minimum atomic E-state index is -4.79. The SMILES string of the molecule is [2H]C([2H])([2H])N(C(=O)C1Cc2cc(F)cnc2N1c1cc(C(F)(F)F)cc(C)n1)c1cc(Cl)c(F)cc1F. The van der Waals surface area contributed by atoms with E-state index in [1.54, 1.807) is 0 Å². The lowest BCUT2D eigenvalue weighted by Crippen LogP contribution is -2.45. The van der Waals surface area contributed by atoms with Crippen LogP contribution in [0.1, 0.15) is 20.9 Å². The molecule has 2 aromatic heterocycles. The van der Waals surface area contributed by atoms with E-state index in [4.69, 9.17) is 15.7 Å².